The second kappa shape index (κ2) is 6.87. The first-order valence-electron chi connectivity index (χ1n) is 6.62. The monoisotopic (exact) mass is 318 g/mol. The van der Waals surface area contributed by atoms with Gasteiger partial charge in [0.15, 0.2) is 0 Å². The van der Waals surface area contributed by atoms with Crippen molar-refractivity contribution in [3.8, 4) is 0 Å². The van der Waals surface area contributed by atoms with Crippen LogP contribution in [0.25, 0.3) is 0 Å². The van der Waals surface area contributed by atoms with Crippen LogP contribution in [0.15, 0.2) is 23.1 Å². The topological polar surface area (TPSA) is 81.4 Å². The first kappa shape index (κ1) is 15.7. The molecular formula is C13H19ClN2O3S. The summed E-state index contributed by atoms with van der Waals surface area (Å²) in [4.78, 5) is 0.0761. The van der Waals surface area contributed by atoms with Crippen molar-refractivity contribution >= 4 is 21.6 Å². The highest BCUT2D eigenvalue weighted by Crippen LogP contribution is 2.22. The van der Waals surface area contributed by atoms with E-state index in [9.17, 15) is 8.42 Å². The minimum Gasteiger partial charge on any atom is -0.377 e. The maximum absolute atomic E-state index is 12.2. The van der Waals surface area contributed by atoms with Gasteiger partial charge in [0.25, 0.3) is 0 Å². The lowest BCUT2D eigenvalue weighted by Gasteiger charge is -2.22. The molecule has 1 aromatic carbocycles. The van der Waals surface area contributed by atoms with Gasteiger partial charge in [0.2, 0.25) is 10.0 Å². The summed E-state index contributed by atoms with van der Waals surface area (Å²) < 4.78 is 32.5. The number of ether oxygens (including phenoxy) is 1. The molecule has 7 heteroatoms. The predicted octanol–water partition coefficient (Wildman–Crippen LogP) is 1.65. The number of sulfonamides is 1. The normalized spacial score (nSPS) is 20.0. The Morgan fingerprint density at radius 2 is 2.20 bits per heavy atom. The number of benzene rings is 1. The molecule has 1 atom stereocenters. The van der Waals surface area contributed by atoms with E-state index in [4.69, 9.17) is 22.1 Å². The summed E-state index contributed by atoms with van der Waals surface area (Å²) in [6.07, 6.45) is 2.93. The molecule has 1 fully saturated rings. The lowest BCUT2D eigenvalue weighted by Crippen LogP contribution is -2.35. The first-order chi connectivity index (χ1) is 9.53. The van der Waals surface area contributed by atoms with Crippen molar-refractivity contribution in [3.05, 3.63) is 28.8 Å². The molecule has 0 spiro atoms. The van der Waals surface area contributed by atoms with E-state index in [1.165, 1.54) is 6.07 Å². The third-order valence-electron chi connectivity index (χ3n) is 3.30. The van der Waals surface area contributed by atoms with E-state index in [2.05, 4.69) is 4.72 Å². The van der Waals surface area contributed by atoms with Crippen molar-refractivity contribution < 1.29 is 13.2 Å². The second-order valence-corrected chi connectivity index (χ2v) is 6.95. The van der Waals surface area contributed by atoms with E-state index in [-0.39, 0.29) is 22.6 Å². The number of rotatable bonds is 5. The molecule has 1 aromatic rings. The number of hydrogen-bond acceptors (Lipinski definition) is 4. The Balaban J connectivity index is 2.05. The lowest BCUT2D eigenvalue weighted by molar-refractivity contribution is 0.0200. The molecule has 0 saturated carbocycles. The molecule has 0 aromatic heterocycles. The van der Waals surface area contributed by atoms with Crippen molar-refractivity contribution in [2.24, 2.45) is 5.73 Å². The summed E-state index contributed by atoms with van der Waals surface area (Å²) in [6.45, 7) is 1.29. The van der Waals surface area contributed by atoms with Gasteiger partial charge in [0.05, 0.1) is 11.1 Å². The van der Waals surface area contributed by atoms with Crippen LogP contribution in [0.1, 0.15) is 24.8 Å². The van der Waals surface area contributed by atoms with Crippen molar-refractivity contribution in [2.45, 2.75) is 36.8 Å². The number of hydrogen-bond donors (Lipinski definition) is 2. The van der Waals surface area contributed by atoms with Crippen LogP contribution in [0, 0.1) is 0 Å². The van der Waals surface area contributed by atoms with Crippen LogP contribution in [0.3, 0.4) is 0 Å². The average Bonchev–Trinajstić information content (AvgIpc) is 2.46. The molecule has 1 aliphatic rings. The first-order valence-corrected chi connectivity index (χ1v) is 8.49. The Kier molecular flexibility index (Phi) is 5.40. The van der Waals surface area contributed by atoms with Gasteiger partial charge in [0.1, 0.15) is 4.90 Å². The fraction of sp³-hybridized carbons (Fsp3) is 0.538. The molecule has 1 saturated heterocycles. The minimum atomic E-state index is -3.62. The van der Waals surface area contributed by atoms with Gasteiger partial charge in [0, 0.05) is 19.7 Å². The van der Waals surface area contributed by atoms with E-state index >= 15 is 0 Å². The molecule has 1 aliphatic heterocycles. The van der Waals surface area contributed by atoms with E-state index in [1.54, 1.807) is 12.1 Å². The van der Waals surface area contributed by atoms with Gasteiger partial charge in [-0.2, -0.15) is 0 Å². The molecule has 0 radical (unpaired) electrons. The molecular weight excluding hydrogens is 300 g/mol. The van der Waals surface area contributed by atoms with Gasteiger partial charge >= 0.3 is 0 Å². The number of nitrogens with one attached hydrogen (secondary N) is 1. The van der Waals surface area contributed by atoms with E-state index in [1.807, 2.05) is 0 Å². The van der Waals surface area contributed by atoms with Crippen LogP contribution in [0.4, 0.5) is 0 Å². The van der Waals surface area contributed by atoms with E-state index in [0.29, 0.717) is 13.2 Å². The lowest BCUT2D eigenvalue weighted by atomic mass is 10.1. The van der Waals surface area contributed by atoms with E-state index in [0.717, 1.165) is 24.8 Å². The van der Waals surface area contributed by atoms with Gasteiger partial charge in [-0.1, -0.05) is 17.7 Å². The molecule has 20 heavy (non-hydrogen) atoms. The summed E-state index contributed by atoms with van der Waals surface area (Å²) in [5.74, 6) is 0. The molecule has 2 rings (SSSR count). The third-order valence-corrected chi connectivity index (χ3v) is 5.20. The van der Waals surface area contributed by atoms with Crippen LogP contribution in [-0.4, -0.2) is 27.7 Å². The molecule has 1 unspecified atom stereocenters. The van der Waals surface area contributed by atoms with Crippen molar-refractivity contribution in [3.63, 3.8) is 0 Å². The van der Waals surface area contributed by atoms with Crippen LogP contribution >= 0.6 is 11.6 Å². The molecule has 1 heterocycles. The van der Waals surface area contributed by atoms with Crippen LogP contribution in [0.2, 0.25) is 5.02 Å². The Morgan fingerprint density at radius 3 is 2.80 bits per heavy atom. The van der Waals surface area contributed by atoms with E-state index < -0.39 is 10.0 Å². The Hall–Kier alpha value is -0.660. The van der Waals surface area contributed by atoms with Gasteiger partial charge < -0.3 is 10.5 Å². The van der Waals surface area contributed by atoms with Gasteiger partial charge in [-0.05, 0) is 37.0 Å². The fourth-order valence-electron chi connectivity index (χ4n) is 2.14. The van der Waals surface area contributed by atoms with Crippen molar-refractivity contribution in [2.75, 3.05) is 13.2 Å². The zero-order valence-corrected chi connectivity index (χ0v) is 12.7. The predicted molar refractivity (Wildman–Crippen MR) is 78.1 cm³/mol. The highest BCUT2D eigenvalue weighted by atomic mass is 35.5. The third kappa shape index (κ3) is 3.93. The van der Waals surface area contributed by atoms with Crippen molar-refractivity contribution in [1.29, 1.82) is 0 Å². The summed E-state index contributed by atoms with van der Waals surface area (Å²) in [6, 6.07) is 4.72. The highest BCUT2D eigenvalue weighted by Gasteiger charge is 2.21. The minimum absolute atomic E-state index is 0.0550. The molecule has 112 valence electrons. The van der Waals surface area contributed by atoms with Crippen molar-refractivity contribution in [1.82, 2.24) is 4.72 Å². The largest absolute Gasteiger partial charge is 0.377 e. The zero-order valence-electron chi connectivity index (χ0n) is 11.1. The van der Waals surface area contributed by atoms with Crippen LogP contribution in [-0.2, 0) is 21.3 Å². The summed E-state index contributed by atoms with van der Waals surface area (Å²) >= 11 is 6.01. The Morgan fingerprint density at radius 1 is 1.40 bits per heavy atom. The zero-order chi connectivity index (χ0) is 14.6. The van der Waals surface area contributed by atoms with Crippen LogP contribution in [0.5, 0.6) is 0 Å². The molecule has 0 aliphatic carbocycles. The summed E-state index contributed by atoms with van der Waals surface area (Å²) in [5, 5.41) is 0.185. The number of nitrogens with two attached hydrogens (primary N) is 1. The second-order valence-electron chi connectivity index (χ2n) is 4.81. The maximum atomic E-state index is 12.2. The fourth-order valence-corrected chi connectivity index (χ4v) is 3.77. The summed E-state index contributed by atoms with van der Waals surface area (Å²) in [5.41, 5.74) is 6.29. The summed E-state index contributed by atoms with van der Waals surface area (Å²) in [7, 11) is -3.62. The molecule has 0 amide bonds. The SMILES string of the molecule is NCc1ccc(S(=O)(=O)NCC2CCCCO2)c(Cl)c1. The Labute approximate surface area is 124 Å². The van der Waals surface area contributed by atoms with Gasteiger partial charge in [-0.3, -0.25) is 0 Å². The standard InChI is InChI=1S/C13H19ClN2O3S/c14-12-7-10(8-15)4-5-13(12)20(17,18)16-9-11-3-1-2-6-19-11/h4-5,7,11,16H,1-3,6,8-9,15H2. The molecule has 0 bridgehead atoms. The van der Waals surface area contributed by atoms with Gasteiger partial charge in [-0.15, -0.1) is 0 Å². The maximum Gasteiger partial charge on any atom is 0.242 e. The number of halogens is 1. The molecule has 5 nitrogen and oxygen atoms in total. The molecule has 3 N–H and O–H groups in total. The Bertz CT molecular complexity index is 557. The average molecular weight is 319 g/mol. The highest BCUT2D eigenvalue weighted by molar-refractivity contribution is 7.89. The smallest absolute Gasteiger partial charge is 0.242 e. The quantitative estimate of drug-likeness (QED) is 0.865. The van der Waals surface area contributed by atoms with Crippen LogP contribution < -0.4 is 10.5 Å². The van der Waals surface area contributed by atoms with Gasteiger partial charge in [-0.25, -0.2) is 13.1 Å².